The van der Waals surface area contributed by atoms with Crippen molar-refractivity contribution in [1.82, 2.24) is 14.9 Å². The molecule has 0 bridgehead atoms. The number of hydrogen-bond acceptors (Lipinski definition) is 5. The van der Waals surface area contributed by atoms with Crippen molar-refractivity contribution in [3.8, 4) is 5.75 Å². The molecule has 5 nitrogen and oxygen atoms in total. The second-order valence-corrected chi connectivity index (χ2v) is 6.68. The molecule has 2 aromatic rings. The lowest BCUT2D eigenvalue weighted by atomic mass is 9.96. The highest BCUT2D eigenvalue weighted by Gasteiger charge is 2.21. The highest BCUT2D eigenvalue weighted by Crippen LogP contribution is 2.23. The van der Waals surface area contributed by atoms with E-state index in [1.807, 2.05) is 18.5 Å². The summed E-state index contributed by atoms with van der Waals surface area (Å²) >= 11 is 0. The summed E-state index contributed by atoms with van der Waals surface area (Å²) in [5.41, 5.74) is 1.21. The van der Waals surface area contributed by atoms with E-state index in [9.17, 15) is 0 Å². The Balaban J connectivity index is 1.51. The van der Waals surface area contributed by atoms with Crippen LogP contribution in [-0.2, 0) is 6.54 Å². The average molecular weight is 340 g/mol. The summed E-state index contributed by atoms with van der Waals surface area (Å²) in [5, 5.41) is 0. The van der Waals surface area contributed by atoms with E-state index in [2.05, 4.69) is 44.9 Å². The fourth-order valence-corrected chi connectivity index (χ4v) is 3.48. The number of methoxy groups -OCH3 is 1. The molecule has 25 heavy (non-hydrogen) atoms. The van der Waals surface area contributed by atoms with Crippen molar-refractivity contribution < 1.29 is 4.74 Å². The Labute approximate surface area is 150 Å². The van der Waals surface area contributed by atoms with Crippen molar-refractivity contribution in [2.24, 2.45) is 5.92 Å². The molecule has 0 saturated carbocycles. The monoisotopic (exact) mass is 340 g/mol. The van der Waals surface area contributed by atoms with Gasteiger partial charge >= 0.3 is 0 Å². The van der Waals surface area contributed by atoms with Gasteiger partial charge in [-0.2, -0.15) is 0 Å². The number of pyridine rings is 2. The minimum Gasteiger partial charge on any atom is -0.495 e. The van der Waals surface area contributed by atoms with Gasteiger partial charge in [0.05, 0.1) is 13.3 Å². The first-order chi connectivity index (χ1) is 12.3. The van der Waals surface area contributed by atoms with Gasteiger partial charge in [0.2, 0.25) is 0 Å². The number of ether oxygens (including phenoxy) is 1. The maximum atomic E-state index is 5.28. The molecule has 0 spiro atoms. The van der Waals surface area contributed by atoms with E-state index >= 15 is 0 Å². The maximum Gasteiger partial charge on any atom is 0.137 e. The van der Waals surface area contributed by atoms with Crippen LogP contribution in [0.15, 0.2) is 42.9 Å². The third-order valence-electron chi connectivity index (χ3n) is 4.96. The van der Waals surface area contributed by atoms with E-state index in [4.69, 9.17) is 4.74 Å². The molecule has 0 radical (unpaired) electrons. The zero-order chi connectivity index (χ0) is 17.5. The van der Waals surface area contributed by atoms with Gasteiger partial charge in [0.15, 0.2) is 0 Å². The van der Waals surface area contributed by atoms with E-state index in [0.717, 1.165) is 50.2 Å². The molecule has 0 atom stereocenters. The van der Waals surface area contributed by atoms with Gasteiger partial charge in [-0.15, -0.1) is 0 Å². The number of anilines is 1. The Morgan fingerprint density at radius 1 is 1.24 bits per heavy atom. The van der Waals surface area contributed by atoms with Gasteiger partial charge in [-0.3, -0.25) is 9.88 Å². The van der Waals surface area contributed by atoms with E-state index < -0.39 is 0 Å². The van der Waals surface area contributed by atoms with E-state index in [-0.39, 0.29) is 0 Å². The lowest BCUT2D eigenvalue weighted by Gasteiger charge is -2.35. The molecule has 5 heteroatoms. The van der Waals surface area contributed by atoms with Gasteiger partial charge in [0.25, 0.3) is 0 Å². The molecule has 0 N–H and O–H groups in total. The fourth-order valence-electron chi connectivity index (χ4n) is 3.48. The third kappa shape index (κ3) is 4.92. The number of hydrogen-bond donors (Lipinski definition) is 0. The minimum atomic E-state index is 0.749. The molecular formula is C20H28N4O. The van der Waals surface area contributed by atoms with Crippen molar-refractivity contribution in [2.45, 2.75) is 26.3 Å². The molecular weight excluding hydrogens is 312 g/mol. The third-order valence-corrected chi connectivity index (χ3v) is 4.96. The summed E-state index contributed by atoms with van der Waals surface area (Å²) in [6, 6.07) is 8.23. The van der Waals surface area contributed by atoms with Crippen LogP contribution in [0.5, 0.6) is 5.75 Å². The van der Waals surface area contributed by atoms with Gasteiger partial charge < -0.3 is 9.64 Å². The molecule has 1 fully saturated rings. The van der Waals surface area contributed by atoms with Crippen LogP contribution in [0.3, 0.4) is 0 Å². The van der Waals surface area contributed by atoms with E-state index in [0.29, 0.717) is 0 Å². The maximum absolute atomic E-state index is 5.28. The fraction of sp³-hybridized carbons (Fsp3) is 0.500. The standard InChI is InChI=1S/C20H28N4O/c1-3-23(16-18-12-19(25-2)14-21-13-18)15-17-7-10-24(11-8-17)20-6-4-5-9-22-20/h4-6,9,12-14,17H,3,7-8,10-11,15-16H2,1-2H3. The van der Waals surface area contributed by atoms with Crippen LogP contribution in [0.1, 0.15) is 25.3 Å². The zero-order valence-corrected chi connectivity index (χ0v) is 15.3. The van der Waals surface area contributed by atoms with Crippen LogP contribution in [-0.4, -0.2) is 48.2 Å². The lowest BCUT2D eigenvalue weighted by Crippen LogP contribution is -2.39. The number of piperidine rings is 1. The van der Waals surface area contributed by atoms with Gasteiger partial charge in [-0.05, 0) is 49.1 Å². The van der Waals surface area contributed by atoms with E-state index in [1.54, 1.807) is 13.3 Å². The molecule has 0 aromatic carbocycles. The minimum absolute atomic E-state index is 0.749. The highest BCUT2D eigenvalue weighted by atomic mass is 16.5. The molecule has 0 unspecified atom stereocenters. The summed E-state index contributed by atoms with van der Waals surface area (Å²) < 4.78 is 5.28. The van der Waals surface area contributed by atoms with Crippen LogP contribution in [0.4, 0.5) is 5.82 Å². The summed E-state index contributed by atoms with van der Waals surface area (Å²) in [4.78, 5) is 13.7. The Bertz CT molecular complexity index is 641. The van der Waals surface area contributed by atoms with Crippen LogP contribution >= 0.6 is 0 Å². The SMILES string of the molecule is CCN(Cc1cncc(OC)c1)CC1CCN(c2ccccn2)CC1. The molecule has 1 saturated heterocycles. The summed E-state index contributed by atoms with van der Waals surface area (Å²) in [7, 11) is 1.69. The first-order valence-electron chi connectivity index (χ1n) is 9.14. The van der Waals surface area contributed by atoms with Crippen LogP contribution in [0.25, 0.3) is 0 Å². The van der Waals surface area contributed by atoms with Crippen molar-refractivity contribution in [3.05, 3.63) is 48.4 Å². The van der Waals surface area contributed by atoms with Gasteiger partial charge in [-0.1, -0.05) is 13.0 Å². The van der Waals surface area contributed by atoms with Gasteiger partial charge in [0, 0.05) is 38.6 Å². The molecule has 0 amide bonds. The van der Waals surface area contributed by atoms with E-state index in [1.165, 1.54) is 18.4 Å². The number of nitrogens with zero attached hydrogens (tertiary/aromatic N) is 4. The zero-order valence-electron chi connectivity index (χ0n) is 15.3. The second kappa shape index (κ2) is 8.81. The smallest absolute Gasteiger partial charge is 0.137 e. The largest absolute Gasteiger partial charge is 0.495 e. The number of aromatic nitrogens is 2. The molecule has 0 aliphatic carbocycles. The first kappa shape index (κ1) is 17.7. The molecule has 1 aliphatic rings. The predicted octanol–water partition coefficient (Wildman–Crippen LogP) is 3.22. The van der Waals surface area contributed by atoms with Crippen molar-refractivity contribution in [3.63, 3.8) is 0 Å². The second-order valence-electron chi connectivity index (χ2n) is 6.68. The highest BCUT2D eigenvalue weighted by molar-refractivity contribution is 5.37. The first-order valence-corrected chi connectivity index (χ1v) is 9.14. The molecule has 1 aliphatic heterocycles. The summed E-state index contributed by atoms with van der Waals surface area (Å²) in [6.45, 7) is 7.55. The molecule has 2 aromatic heterocycles. The van der Waals surface area contributed by atoms with Crippen LogP contribution < -0.4 is 9.64 Å². The van der Waals surface area contributed by atoms with Crippen molar-refractivity contribution in [1.29, 1.82) is 0 Å². The lowest BCUT2D eigenvalue weighted by molar-refractivity contribution is 0.212. The van der Waals surface area contributed by atoms with Crippen molar-refractivity contribution in [2.75, 3.05) is 38.2 Å². The molecule has 3 heterocycles. The Kier molecular flexibility index (Phi) is 6.23. The van der Waals surface area contributed by atoms with Gasteiger partial charge in [0.1, 0.15) is 11.6 Å². The summed E-state index contributed by atoms with van der Waals surface area (Å²) in [5.74, 6) is 2.69. The Morgan fingerprint density at radius 2 is 2.08 bits per heavy atom. The summed E-state index contributed by atoms with van der Waals surface area (Å²) in [6.07, 6.45) is 8.03. The Hall–Kier alpha value is -2.14. The quantitative estimate of drug-likeness (QED) is 0.774. The average Bonchev–Trinajstić information content (AvgIpc) is 2.69. The van der Waals surface area contributed by atoms with Crippen LogP contribution in [0, 0.1) is 5.92 Å². The normalized spacial score (nSPS) is 15.6. The van der Waals surface area contributed by atoms with Crippen molar-refractivity contribution >= 4 is 5.82 Å². The molecule has 134 valence electrons. The molecule has 3 rings (SSSR count). The number of rotatable bonds is 7. The van der Waals surface area contributed by atoms with Gasteiger partial charge in [-0.25, -0.2) is 4.98 Å². The van der Waals surface area contributed by atoms with Crippen LogP contribution in [0.2, 0.25) is 0 Å². The topological polar surface area (TPSA) is 41.5 Å². The Morgan fingerprint density at radius 3 is 2.76 bits per heavy atom. The predicted molar refractivity (Wildman–Crippen MR) is 101 cm³/mol.